The third-order valence-corrected chi connectivity index (χ3v) is 4.75. The molecule has 6 nitrogen and oxygen atoms in total. The van der Waals surface area contributed by atoms with E-state index in [0.717, 1.165) is 16.8 Å². The molecular formula is C21H23N3O3. The summed E-state index contributed by atoms with van der Waals surface area (Å²) in [7, 11) is 0. The summed E-state index contributed by atoms with van der Waals surface area (Å²) < 4.78 is 0. The van der Waals surface area contributed by atoms with Gasteiger partial charge in [0.05, 0.1) is 5.92 Å². The summed E-state index contributed by atoms with van der Waals surface area (Å²) in [5, 5.41) is 5.61. The zero-order chi connectivity index (χ0) is 19.6. The molecule has 0 spiro atoms. The first kappa shape index (κ1) is 18.6. The van der Waals surface area contributed by atoms with Gasteiger partial charge in [0.2, 0.25) is 17.7 Å². The minimum Gasteiger partial charge on any atom is -0.326 e. The van der Waals surface area contributed by atoms with Crippen LogP contribution in [0, 0.1) is 19.8 Å². The lowest BCUT2D eigenvalue weighted by atomic mass is 10.1. The van der Waals surface area contributed by atoms with Crippen molar-refractivity contribution < 1.29 is 14.4 Å². The molecule has 1 fully saturated rings. The van der Waals surface area contributed by atoms with Gasteiger partial charge < -0.3 is 15.5 Å². The molecule has 1 aliphatic rings. The number of aryl methyl sites for hydroxylation is 2. The van der Waals surface area contributed by atoms with Crippen LogP contribution in [0.2, 0.25) is 0 Å². The van der Waals surface area contributed by atoms with E-state index in [2.05, 4.69) is 10.6 Å². The molecule has 2 N–H and O–H groups in total. The second kappa shape index (κ2) is 7.61. The predicted molar refractivity (Wildman–Crippen MR) is 106 cm³/mol. The number of hydrogen-bond acceptors (Lipinski definition) is 3. The summed E-state index contributed by atoms with van der Waals surface area (Å²) in [4.78, 5) is 37.9. The van der Waals surface area contributed by atoms with Crippen molar-refractivity contribution in [1.82, 2.24) is 0 Å². The number of carbonyl (C=O) groups excluding carboxylic acids is 3. The van der Waals surface area contributed by atoms with Crippen LogP contribution >= 0.6 is 0 Å². The minimum atomic E-state index is -0.413. The fourth-order valence-electron chi connectivity index (χ4n) is 3.15. The smallest absolute Gasteiger partial charge is 0.229 e. The van der Waals surface area contributed by atoms with Crippen LogP contribution in [0.1, 0.15) is 24.5 Å². The van der Waals surface area contributed by atoms with Gasteiger partial charge in [0.15, 0.2) is 0 Å². The quantitative estimate of drug-likeness (QED) is 0.873. The van der Waals surface area contributed by atoms with Crippen LogP contribution in [0.25, 0.3) is 0 Å². The summed E-state index contributed by atoms with van der Waals surface area (Å²) in [5.74, 6) is -0.851. The van der Waals surface area contributed by atoms with Crippen LogP contribution in [0.4, 0.5) is 17.1 Å². The summed E-state index contributed by atoms with van der Waals surface area (Å²) in [5.41, 5.74) is 4.30. The highest BCUT2D eigenvalue weighted by molar-refractivity contribution is 6.04. The fourth-order valence-corrected chi connectivity index (χ4v) is 3.15. The molecule has 2 aromatic carbocycles. The molecule has 0 radical (unpaired) electrons. The van der Waals surface area contributed by atoms with E-state index < -0.39 is 5.92 Å². The largest absolute Gasteiger partial charge is 0.326 e. The monoisotopic (exact) mass is 365 g/mol. The van der Waals surface area contributed by atoms with Gasteiger partial charge in [0, 0.05) is 37.0 Å². The van der Waals surface area contributed by atoms with E-state index in [1.807, 2.05) is 32.0 Å². The van der Waals surface area contributed by atoms with E-state index in [0.29, 0.717) is 17.9 Å². The third kappa shape index (κ3) is 4.34. The highest BCUT2D eigenvalue weighted by Crippen LogP contribution is 2.28. The summed E-state index contributed by atoms with van der Waals surface area (Å²) in [6.07, 6.45) is 0.168. The van der Waals surface area contributed by atoms with E-state index in [1.165, 1.54) is 6.92 Å². The molecule has 0 unspecified atom stereocenters. The Morgan fingerprint density at radius 2 is 1.74 bits per heavy atom. The second-order valence-corrected chi connectivity index (χ2v) is 6.93. The fraction of sp³-hybridized carbons (Fsp3) is 0.286. The van der Waals surface area contributed by atoms with Crippen LogP contribution in [0.15, 0.2) is 42.5 Å². The molecule has 6 heteroatoms. The molecular weight excluding hydrogens is 342 g/mol. The summed E-state index contributed by atoms with van der Waals surface area (Å²) >= 11 is 0. The van der Waals surface area contributed by atoms with E-state index in [1.54, 1.807) is 29.2 Å². The maximum atomic E-state index is 12.6. The van der Waals surface area contributed by atoms with Gasteiger partial charge in [-0.3, -0.25) is 14.4 Å². The van der Waals surface area contributed by atoms with Crippen LogP contribution < -0.4 is 15.5 Å². The molecule has 0 aliphatic carbocycles. The predicted octanol–water partition coefficient (Wildman–Crippen LogP) is 3.25. The van der Waals surface area contributed by atoms with Crippen molar-refractivity contribution in [3.8, 4) is 0 Å². The van der Waals surface area contributed by atoms with Gasteiger partial charge in [-0.15, -0.1) is 0 Å². The number of rotatable bonds is 4. The molecule has 1 atom stereocenters. The molecule has 1 aliphatic heterocycles. The Morgan fingerprint density at radius 1 is 1.00 bits per heavy atom. The Hall–Kier alpha value is -3.15. The van der Waals surface area contributed by atoms with Gasteiger partial charge >= 0.3 is 0 Å². The number of amides is 3. The molecule has 3 rings (SSSR count). The SMILES string of the molecule is CC(=O)Nc1cccc(N2C[C@H](C(=O)Nc3ccc(C)c(C)c3)CC2=O)c1. The van der Waals surface area contributed by atoms with Gasteiger partial charge in [-0.1, -0.05) is 12.1 Å². The average Bonchev–Trinajstić information content (AvgIpc) is 3.00. The van der Waals surface area contributed by atoms with Crippen molar-refractivity contribution in [2.45, 2.75) is 27.2 Å². The zero-order valence-corrected chi connectivity index (χ0v) is 15.7. The van der Waals surface area contributed by atoms with Gasteiger partial charge in [-0.2, -0.15) is 0 Å². The Kier molecular flexibility index (Phi) is 5.26. The van der Waals surface area contributed by atoms with Crippen LogP contribution in [0.3, 0.4) is 0 Å². The van der Waals surface area contributed by atoms with Gasteiger partial charge in [-0.25, -0.2) is 0 Å². The molecule has 2 aromatic rings. The van der Waals surface area contributed by atoms with Crippen molar-refractivity contribution in [3.63, 3.8) is 0 Å². The minimum absolute atomic E-state index is 0.102. The first-order valence-corrected chi connectivity index (χ1v) is 8.89. The molecule has 3 amide bonds. The number of hydrogen-bond donors (Lipinski definition) is 2. The Balaban J connectivity index is 1.70. The molecule has 0 aromatic heterocycles. The van der Waals surface area contributed by atoms with E-state index in [9.17, 15) is 14.4 Å². The highest BCUT2D eigenvalue weighted by Gasteiger charge is 2.35. The van der Waals surface area contributed by atoms with E-state index in [4.69, 9.17) is 0 Å². The van der Waals surface area contributed by atoms with Crippen molar-refractivity contribution in [2.75, 3.05) is 22.1 Å². The Labute approximate surface area is 158 Å². The maximum Gasteiger partial charge on any atom is 0.229 e. The third-order valence-electron chi connectivity index (χ3n) is 4.75. The summed E-state index contributed by atoms with van der Waals surface area (Å²) in [6, 6.07) is 12.8. The second-order valence-electron chi connectivity index (χ2n) is 6.93. The van der Waals surface area contributed by atoms with Crippen molar-refractivity contribution >= 4 is 34.8 Å². The first-order valence-electron chi connectivity index (χ1n) is 8.89. The number of anilines is 3. The standard InChI is InChI=1S/C21H23N3O3/c1-13-7-8-18(9-14(13)2)23-21(27)16-10-20(26)24(12-16)19-6-4-5-17(11-19)22-15(3)25/h4-9,11,16H,10,12H2,1-3H3,(H,22,25)(H,23,27)/t16-/m1/s1. The van der Waals surface area contributed by atoms with Crippen molar-refractivity contribution in [1.29, 1.82) is 0 Å². The first-order chi connectivity index (χ1) is 12.8. The molecule has 140 valence electrons. The Morgan fingerprint density at radius 3 is 2.44 bits per heavy atom. The van der Waals surface area contributed by atoms with Gasteiger partial charge in [-0.05, 0) is 55.3 Å². The number of nitrogens with zero attached hydrogens (tertiary/aromatic N) is 1. The van der Waals surface area contributed by atoms with E-state index >= 15 is 0 Å². The molecule has 0 saturated carbocycles. The van der Waals surface area contributed by atoms with Gasteiger partial charge in [0.1, 0.15) is 0 Å². The average molecular weight is 365 g/mol. The summed E-state index contributed by atoms with van der Waals surface area (Å²) in [6.45, 7) is 5.76. The van der Waals surface area contributed by atoms with Crippen molar-refractivity contribution in [3.05, 3.63) is 53.6 Å². The Bertz CT molecular complexity index is 907. The molecule has 0 bridgehead atoms. The topological polar surface area (TPSA) is 78.5 Å². The zero-order valence-electron chi connectivity index (χ0n) is 15.7. The van der Waals surface area contributed by atoms with Crippen LogP contribution in [-0.4, -0.2) is 24.3 Å². The highest BCUT2D eigenvalue weighted by atomic mass is 16.2. The lowest BCUT2D eigenvalue weighted by Crippen LogP contribution is -2.28. The number of benzene rings is 2. The number of nitrogens with one attached hydrogen (secondary N) is 2. The lowest BCUT2D eigenvalue weighted by Gasteiger charge is -2.18. The normalized spacial score (nSPS) is 16.3. The maximum absolute atomic E-state index is 12.6. The molecule has 27 heavy (non-hydrogen) atoms. The van der Waals surface area contributed by atoms with Crippen LogP contribution in [-0.2, 0) is 14.4 Å². The van der Waals surface area contributed by atoms with E-state index in [-0.39, 0.29) is 24.1 Å². The van der Waals surface area contributed by atoms with Gasteiger partial charge in [0.25, 0.3) is 0 Å². The van der Waals surface area contributed by atoms with Crippen molar-refractivity contribution in [2.24, 2.45) is 5.92 Å². The lowest BCUT2D eigenvalue weighted by molar-refractivity contribution is -0.122. The number of carbonyl (C=O) groups is 3. The van der Waals surface area contributed by atoms with Crippen LogP contribution in [0.5, 0.6) is 0 Å². The molecule has 1 heterocycles. The molecule has 1 saturated heterocycles.